The molecule has 8 heteroatoms. The Bertz CT molecular complexity index is 713. The molecule has 0 aliphatic rings. The van der Waals surface area contributed by atoms with Crippen LogP contribution in [0, 0.1) is 12.8 Å². The molecule has 2 aromatic heterocycles. The van der Waals surface area contributed by atoms with Crippen molar-refractivity contribution in [3.63, 3.8) is 0 Å². The van der Waals surface area contributed by atoms with E-state index in [1.165, 1.54) is 0 Å². The number of hydrogen-bond acceptors (Lipinski definition) is 4. The van der Waals surface area contributed by atoms with E-state index in [1.807, 2.05) is 13.0 Å². The third-order valence-electron chi connectivity index (χ3n) is 3.26. The fourth-order valence-electron chi connectivity index (χ4n) is 2.28. The summed E-state index contributed by atoms with van der Waals surface area (Å²) in [4.78, 5) is 15.8. The average Bonchev–Trinajstić information content (AvgIpc) is 2.81. The Kier molecular flexibility index (Phi) is 5.46. The molecular weight excluding hydrogens is 416 g/mol. The minimum Gasteiger partial charge on any atom is -0.359 e. The number of hydrogen-bond donors (Lipinski definition) is 3. The van der Waals surface area contributed by atoms with Crippen LogP contribution in [0.3, 0.4) is 0 Å². The number of imidazole rings is 1. The van der Waals surface area contributed by atoms with Crippen molar-refractivity contribution >= 4 is 49.2 Å². The third kappa shape index (κ3) is 3.44. The second-order valence-electron chi connectivity index (χ2n) is 5.48. The number of nitrogens with one attached hydrogen (secondary N) is 2. The Balaban J connectivity index is 2.57. The molecule has 0 radical (unpaired) electrons. The van der Waals surface area contributed by atoms with Crippen LogP contribution in [0.2, 0.25) is 0 Å². The number of aryl methyl sites for hydroxylation is 1. The van der Waals surface area contributed by atoms with Gasteiger partial charge in [-0.2, -0.15) is 0 Å². The summed E-state index contributed by atoms with van der Waals surface area (Å²) < 4.78 is 3.93. The van der Waals surface area contributed by atoms with Crippen LogP contribution < -0.4 is 10.8 Å². The summed E-state index contributed by atoms with van der Waals surface area (Å²) >= 11 is 7.08. The van der Waals surface area contributed by atoms with Crippen LogP contribution in [0.4, 0.5) is 5.82 Å². The Morgan fingerprint density at radius 3 is 2.68 bits per heavy atom. The van der Waals surface area contributed by atoms with Gasteiger partial charge in [0.1, 0.15) is 5.82 Å². The van der Waals surface area contributed by atoms with Gasteiger partial charge in [0.15, 0.2) is 5.65 Å². The normalized spacial score (nSPS) is 11.2. The first-order valence-corrected chi connectivity index (χ1v) is 8.46. The zero-order valence-corrected chi connectivity index (χ0v) is 15.7. The Hall–Kier alpha value is -1.12. The lowest BCUT2D eigenvalue weighted by molar-refractivity contribution is -0.127. The lowest BCUT2D eigenvalue weighted by Gasteiger charge is -2.12. The summed E-state index contributed by atoms with van der Waals surface area (Å²) in [5.74, 6) is 0.577. The number of halogens is 2. The maximum Gasteiger partial charge on any atom is 0.262 e. The Morgan fingerprint density at radius 2 is 2.09 bits per heavy atom. The van der Waals surface area contributed by atoms with Crippen LogP contribution in [0.25, 0.3) is 5.65 Å². The van der Waals surface area contributed by atoms with Crippen molar-refractivity contribution in [1.82, 2.24) is 14.9 Å². The van der Waals surface area contributed by atoms with Gasteiger partial charge in [-0.1, -0.05) is 13.8 Å². The van der Waals surface area contributed by atoms with Crippen LogP contribution in [-0.4, -0.2) is 27.0 Å². The van der Waals surface area contributed by atoms with Gasteiger partial charge in [0.25, 0.3) is 5.91 Å². The fourth-order valence-corrected chi connectivity index (χ4v) is 3.49. The highest BCUT2D eigenvalue weighted by Crippen LogP contribution is 2.31. The molecule has 0 bridgehead atoms. The number of pyridine rings is 1. The van der Waals surface area contributed by atoms with E-state index in [0.29, 0.717) is 11.7 Å². The number of aromatic nitrogens is 2. The number of carbonyl (C=O) groups excluding carboxylic acids is 1. The molecule has 0 saturated heterocycles. The van der Waals surface area contributed by atoms with Crippen molar-refractivity contribution in [2.24, 2.45) is 5.92 Å². The van der Waals surface area contributed by atoms with Gasteiger partial charge in [-0.05, 0) is 57.2 Å². The van der Waals surface area contributed by atoms with E-state index in [0.717, 1.165) is 32.4 Å². The van der Waals surface area contributed by atoms with E-state index in [4.69, 9.17) is 5.21 Å². The summed E-state index contributed by atoms with van der Waals surface area (Å²) in [5, 5.41) is 11.6. The Morgan fingerprint density at radius 1 is 1.41 bits per heavy atom. The maximum atomic E-state index is 11.2. The monoisotopic (exact) mass is 432 g/mol. The maximum absolute atomic E-state index is 11.2. The molecule has 0 saturated carbocycles. The minimum absolute atomic E-state index is 0.0384. The predicted octanol–water partition coefficient (Wildman–Crippen LogP) is 3.28. The predicted molar refractivity (Wildman–Crippen MR) is 92.3 cm³/mol. The molecule has 1 amide bonds. The molecule has 0 aliphatic carbocycles. The number of nitrogens with zero attached hydrogens (tertiary/aromatic N) is 2. The molecule has 0 aromatic carbocycles. The summed E-state index contributed by atoms with van der Waals surface area (Å²) in [7, 11) is 0. The van der Waals surface area contributed by atoms with E-state index >= 15 is 0 Å². The van der Waals surface area contributed by atoms with Crippen molar-refractivity contribution in [3.8, 4) is 0 Å². The van der Waals surface area contributed by atoms with Gasteiger partial charge in [0, 0.05) is 10.2 Å². The zero-order valence-electron chi connectivity index (χ0n) is 12.6. The molecule has 2 heterocycles. The van der Waals surface area contributed by atoms with E-state index in [9.17, 15) is 4.79 Å². The minimum atomic E-state index is -0.510. The molecule has 0 spiro atoms. The average molecular weight is 434 g/mol. The van der Waals surface area contributed by atoms with Gasteiger partial charge in [0.05, 0.1) is 16.7 Å². The Labute approximate surface area is 145 Å². The van der Waals surface area contributed by atoms with Gasteiger partial charge >= 0.3 is 0 Å². The first kappa shape index (κ1) is 17.2. The van der Waals surface area contributed by atoms with Gasteiger partial charge < -0.3 is 5.32 Å². The topological polar surface area (TPSA) is 78.7 Å². The second kappa shape index (κ2) is 6.97. The van der Waals surface area contributed by atoms with Gasteiger partial charge in [-0.3, -0.25) is 14.4 Å². The molecule has 3 N–H and O–H groups in total. The molecule has 22 heavy (non-hydrogen) atoms. The first-order valence-electron chi connectivity index (χ1n) is 6.87. The molecule has 2 aromatic rings. The molecule has 0 fully saturated rings. The van der Waals surface area contributed by atoms with Crippen LogP contribution in [0.5, 0.6) is 0 Å². The van der Waals surface area contributed by atoms with Gasteiger partial charge in [-0.15, -0.1) is 0 Å². The van der Waals surface area contributed by atoms with E-state index in [-0.39, 0.29) is 6.54 Å². The number of amides is 1. The SMILES string of the molecule is Cc1c(Br)cc(Br)c2nc(NCC(=O)NO)c(CC(C)C)n12. The highest BCUT2D eigenvalue weighted by atomic mass is 79.9. The van der Waals surface area contributed by atoms with Crippen LogP contribution in [-0.2, 0) is 11.2 Å². The van der Waals surface area contributed by atoms with Crippen molar-refractivity contribution in [3.05, 3.63) is 26.4 Å². The standard InChI is InChI=1S/C14H18Br2N4O2/c1-7(2)4-11-13(17-6-12(21)19-22)18-14-10(16)5-9(15)8(3)20(11)14/h5,7,17,22H,4,6H2,1-3H3,(H,19,21). The molecule has 0 atom stereocenters. The second-order valence-corrected chi connectivity index (χ2v) is 7.19. The fraction of sp³-hybridized carbons (Fsp3) is 0.429. The highest BCUT2D eigenvalue weighted by Gasteiger charge is 2.18. The van der Waals surface area contributed by atoms with Crippen molar-refractivity contribution in [1.29, 1.82) is 0 Å². The largest absolute Gasteiger partial charge is 0.359 e. The van der Waals surface area contributed by atoms with E-state index in [2.05, 4.69) is 60.4 Å². The van der Waals surface area contributed by atoms with Crippen molar-refractivity contribution in [2.75, 3.05) is 11.9 Å². The van der Waals surface area contributed by atoms with Crippen LogP contribution >= 0.6 is 31.9 Å². The number of anilines is 1. The summed E-state index contributed by atoms with van der Waals surface area (Å²) in [5.41, 5.74) is 4.46. The molecular formula is C14H18Br2N4O2. The molecule has 120 valence electrons. The van der Waals surface area contributed by atoms with Crippen LogP contribution in [0.1, 0.15) is 25.2 Å². The number of rotatable bonds is 5. The zero-order chi connectivity index (χ0) is 16.4. The lowest BCUT2D eigenvalue weighted by atomic mass is 10.1. The van der Waals surface area contributed by atoms with Crippen LogP contribution in [0.15, 0.2) is 15.0 Å². The lowest BCUT2D eigenvalue weighted by Crippen LogP contribution is -2.27. The highest BCUT2D eigenvalue weighted by molar-refractivity contribution is 9.11. The van der Waals surface area contributed by atoms with Gasteiger partial charge in [0.2, 0.25) is 0 Å². The molecule has 0 aliphatic heterocycles. The quantitative estimate of drug-likeness (QED) is 0.499. The molecule has 2 rings (SSSR count). The number of fused-ring (bicyclic) bond motifs is 1. The number of carbonyl (C=O) groups is 1. The first-order chi connectivity index (χ1) is 10.3. The summed E-state index contributed by atoms with van der Waals surface area (Å²) in [6.45, 7) is 6.24. The van der Waals surface area contributed by atoms with E-state index < -0.39 is 5.91 Å². The number of hydroxylamine groups is 1. The molecule has 0 unspecified atom stereocenters. The smallest absolute Gasteiger partial charge is 0.262 e. The molecule has 6 nitrogen and oxygen atoms in total. The van der Waals surface area contributed by atoms with E-state index in [1.54, 1.807) is 5.48 Å². The van der Waals surface area contributed by atoms with Gasteiger partial charge in [-0.25, -0.2) is 10.5 Å². The van der Waals surface area contributed by atoms with Crippen molar-refractivity contribution < 1.29 is 10.0 Å². The van der Waals surface area contributed by atoms with Crippen molar-refractivity contribution in [2.45, 2.75) is 27.2 Å². The third-order valence-corrected chi connectivity index (χ3v) is 4.65. The summed E-state index contributed by atoms with van der Waals surface area (Å²) in [6, 6.07) is 1.96. The summed E-state index contributed by atoms with van der Waals surface area (Å²) in [6.07, 6.45) is 0.813.